The number of benzene rings is 9. The fourth-order valence-corrected chi connectivity index (χ4v) is 10.6. The Hall–Kier alpha value is -7.76. The molecule has 292 valence electrons. The van der Waals surface area contributed by atoms with Gasteiger partial charge in [0.15, 0.2) is 0 Å². The number of hydrogen-bond acceptors (Lipinski definition) is 3. The molecular formula is C57H39BN2O2. The van der Waals surface area contributed by atoms with Crippen molar-refractivity contribution in [1.29, 1.82) is 0 Å². The summed E-state index contributed by atoms with van der Waals surface area (Å²) in [5.41, 5.74) is 16.9. The number of hydrogen-bond donors (Lipinski definition) is 0. The largest absolute Gasteiger partial charge is 0.458 e. The first kappa shape index (κ1) is 35.0. The fraction of sp³-hybridized carbons (Fsp3) is 0.0526. The van der Waals surface area contributed by atoms with Gasteiger partial charge in [0.2, 0.25) is 0 Å². The van der Waals surface area contributed by atoms with Gasteiger partial charge in [0.25, 0.3) is 6.71 Å². The van der Waals surface area contributed by atoms with E-state index in [1.165, 1.54) is 33.1 Å². The molecule has 0 fully saturated rings. The molecular weight excluding hydrogens is 755 g/mol. The Bertz CT molecular complexity index is 3330. The molecule has 0 saturated heterocycles. The molecule has 3 aliphatic rings. The van der Waals surface area contributed by atoms with Gasteiger partial charge in [0.05, 0.1) is 28.1 Å². The number of para-hydroxylation sites is 3. The molecule has 9 aromatic carbocycles. The first-order valence-corrected chi connectivity index (χ1v) is 21.5. The van der Waals surface area contributed by atoms with E-state index < -0.39 is 0 Å². The monoisotopic (exact) mass is 794 g/mol. The lowest BCUT2D eigenvalue weighted by molar-refractivity contribution is 0.465. The molecule has 10 aromatic rings. The predicted molar refractivity (Wildman–Crippen MR) is 256 cm³/mol. The minimum absolute atomic E-state index is 0.0772. The second kappa shape index (κ2) is 13.1. The van der Waals surface area contributed by atoms with Crippen molar-refractivity contribution in [1.82, 2.24) is 4.57 Å². The van der Waals surface area contributed by atoms with Gasteiger partial charge in [-0.1, -0.05) is 159 Å². The molecule has 13 rings (SSSR count). The van der Waals surface area contributed by atoms with Crippen LogP contribution in [0.2, 0.25) is 0 Å². The van der Waals surface area contributed by atoms with E-state index >= 15 is 0 Å². The Labute approximate surface area is 361 Å². The molecule has 0 saturated carbocycles. The van der Waals surface area contributed by atoms with Gasteiger partial charge in [-0.05, 0) is 86.8 Å². The summed E-state index contributed by atoms with van der Waals surface area (Å²) in [5.74, 6) is 3.34. The summed E-state index contributed by atoms with van der Waals surface area (Å²) in [6.07, 6.45) is 0. The fourth-order valence-electron chi connectivity index (χ4n) is 10.6. The van der Waals surface area contributed by atoms with Crippen LogP contribution in [0.4, 0.5) is 17.1 Å². The number of fused-ring (bicyclic) bond motifs is 10. The highest BCUT2D eigenvalue weighted by Gasteiger charge is 2.43. The first-order valence-electron chi connectivity index (χ1n) is 21.5. The van der Waals surface area contributed by atoms with E-state index in [2.05, 4.69) is 224 Å². The van der Waals surface area contributed by atoms with Crippen molar-refractivity contribution >= 4 is 62.0 Å². The van der Waals surface area contributed by atoms with Crippen LogP contribution in [0.5, 0.6) is 23.0 Å². The summed E-state index contributed by atoms with van der Waals surface area (Å²) >= 11 is 0. The van der Waals surface area contributed by atoms with E-state index in [4.69, 9.17) is 9.47 Å². The molecule has 0 unspecified atom stereocenters. The second-order valence-corrected chi connectivity index (χ2v) is 17.3. The molecule has 62 heavy (non-hydrogen) atoms. The normalized spacial score (nSPS) is 14.0. The summed E-state index contributed by atoms with van der Waals surface area (Å²) in [5, 5.41) is 2.42. The zero-order chi connectivity index (χ0) is 41.1. The minimum Gasteiger partial charge on any atom is -0.458 e. The summed E-state index contributed by atoms with van der Waals surface area (Å²) in [6, 6.07) is 72.1. The van der Waals surface area contributed by atoms with Crippen LogP contribution < -0.4 is 30.8 Å². The van der Waals surface area contributed by atoms with Crippen LogP contribution in [-0.2, 0) is 5.41 Å². The van der Waals surface area contributed by atoms with Crippen LogP contribution in [0.1, 0.15) is 25.0 Å². The van der Waals surface area contributed by atoms with Crippen LogP contribution in [0.3, 0.4) is 0 Å². The lowest BCUT2D eigenvalue weighted by Gasteiger charge is -2.43. The third kappa shape index (κ3) is 5.02. The van der Waals surface area contributed by atoms with Crippen molar-refractivity contribution in [3.8, 4) is 50.9 Å². The minimum atomic E-state index is -0.285. The van der Waals surface area contributed by atoms with Crippen LogP contribution in [0.25, 0.3) is 49.7 Å². The quantitative estimate of drug-likeness (QED) is 0.166. The zero-order valence-corrected chi connectivity index (χ0v) is 34.3. The number of nitrogens with zero attached hydrogens (tertiary/aromatic N) is 2. The molecule has 0 radical (unpaired) electrons. The van der Waals surface area contributed by atoms with Gasteiger partial charge in [0.1, 0.15) is 23.0 Å². The highest BCUT2D eigenvalue weighted by Crippen LogP contribution is 2.56. The molecule has 0 bridgehead atoms. The van der Waals surface area contributed by atoms with Gasteiger partial charge in [0, 0.05) is 39.5 Å². The summed E-state index contributed by atoms with van der Waals surface area (Å²) in [7, 11) is 0. The molecule has 3 aliphatic heterocycles. The van der Waals surface area contributed by atoms with E-state index in [1.54, 1.807) is 0 Å². The highest BCUT2D eigenvalue weighted by molar-refractivity contribution is 6.98. The van der Waals surface area contributed by atoms with E-state index in [0.717, 1.165) is 84.2 Å². The van der Waals surface area contributed by atoms with Gasteiger partial charge in [-0.15, -0.1) is 0 Å². The van der Waals surface area contributed by atoms with Gasteiger partial charge in [-0.25, -0.2) is 0 Å². The smallest absolute Gasteiger partial charge is 0.260 e. The van der Waals surface area contributed by atoms with Crippen molar-refractivity contribution in [2.24, 2.45) is 0 Å². The van der Waals surface area contributed by atoms with E-state index in [0.29, 0.717) is 0 Å². The van der Waals surface area contributed by atoms with Gasteiger partial charge in [-0.3, -0.25) is 0 Å². The Morgan fingerprint density at radius 2 is 1.00 bits per heavy atom. The van der Waals surface area contributed by atoms with Crippen LogP contribution >= 0.6 is 0 Å². The predicted octanol–water partition coefficient (Wildman–Crippen LogP) is 13.0. The molecule has 4 nitrogen and oxygen atoms in total. The van der Waals surface area contributed by atoms with Crippen molar-refractivity contribution in [2.75, 3.05) is 4.90 Å². The molecule has 0 aliphatic carbocycles. The summed E-state index contributed by atoms with van der Waals surface area (Å²) in [6.45, 7) is 4.65. The maximum absolute atomic E-state index is 7.15. The average molecular weight is 795 g/mol. The lowest BCUT2D eigenvalue weighted by Crippen LogP contribution is -2.57. The van der Waals surface area contributed by atoms with Gasteiger partial charge in [-0.2, -0.15) is 0 Å². The lowest BCUT2D eigenvalue weighted by atomic mass is 9.34. The third-order valence-corrected chi connectivity index (χ3v) is 13.5. The van der Waals surface area contributed by atoms with Crippen molar-refractivity contribution in [2.45, 2.75) is 19.3 Å². The number of rotatable bonds is 4. The maximum Gasteiger partial charge on any atom is 0.260 e. The molecule has 5 heteroatoms. The molecule has 1 aromatic heterocycles. The Kier molecular flexibility index (Phi) is 7.42. The molecule has 0 amide bonds. The van der Waals surface area contributed by atoms with Crippen molar-refractivity contribution in [3.63, 3.8) is 0 Å². The Balaban J connectivity index is 1.08. The maximum atomic E-state index is 7.15. The number of anilines is 3. The zero-order valence-electron chi connectivity index (χ0n) is 34.3. The third-order valence-electron chi connectivity index (χ3n) is 13.5. The van der Waals surface area contributed by atoms with E-state index in [-0.39, 0.29) is 12.1 Å². The molecule has 0 atom stereocenters. The summed E-state index contributed by atoms with van der Waals surface area (Å²) < 4.78 is 16.7. The Morgan fingerprint density at radius 1 is 0.435 bits per heavy atom. The topological polar surface area (TPSA) is 26.6 Å². The van der Waals surface area contributed by atoms with Crippen LogP contribution in [0, 0.1) is 0 Å². The van der Waals surface area contributed by atoms with Crippen molar-refractivity contribution < 1.29 is 9.47 Å². The van der Waals surface area contributed by atoms with Gasteiger partial charge >= 0.3 is 0 Å². The number of aromatic nitrogens is 1. The van der Waals surface area contributed by atoms with Gasteiger partial charge < -0.3 is 18.9 Å². The Morgan fingerprint density at radius 3 is 1.65 bits per heavy atom. The first-order chi connectivity index (χ1) is 30.5. The van der Waals surface area contributed by atoms with Crippen molar-refractivity contribution in [3.05, 3.63) is 211 Å². The second-order valence-electron chi connectivity index (χ2n) is 17.3. The van der Waals surface area contributed by atoms with E-state index in [1.807, 2.05) is 0 Å². The van der Waals surface area contributed by atoms with E-state index in [9.17, 15) is 0 Å². The molecule has 4 heterocycles. The molecule has 0 spiro atoms. The van der Waals surface area contributed by atoms with Crippen LogP contribution in [-0.4, -0.2) is 11.3 Å². The summed E-state index contributed by atoms with van der Waals surface area (Å²) in [4.78, 5) is 2.48. The highest BCUT2D eigenvalue weighted by atomic mass is 16.5. The SMILES string of the molecule is CC1(C)c2ccccc2N(c2cc3c4c(c2)Oc2cc(-c5ccccc5)ccc2B4c2ccc(-c4ccccc4)cc2O3)c2c1ccc1c2c2ccccc2n1-c1ccccc1. The van der Waals surface area contributed by atoms with Crippen LogP contribution in [0.15, 0.2) is 200 Å². The standard InChI is InChI=1S/C57H39BN2O2/c1-57(2)43-23-13-15-25-48(43)60(56-44(57)28-31-49-54(56)42-22-12-14-24-47(42)59(49)40-20-10-5-11-21-40)41-34-52-55-53(35-41)62-51-33-39(37-18-8-4-9-19-37)27-30-46(51)58(55)45-29-26-38(32-50(45)61-52)36-16-6-3-7-17-36/h3-35H,1-2H3. The average Bonchev–Trinajstić information content (AvgIpc) is 3.66. The molecule has 0 N–H and O–H groups in total. The number of ether oxygens (including phenoxy) is 2.